The molecule has 0 aliphatic heterocycles. The molecule has 1 aromatic rings. The van der Waals surface area contributed by atoms with Crippen molar-refractivity contribution in [1.29, 1.82) is 0 Å². The Morgan fingerprint density at radius 2 is 1.77 bits per heavy atom. The number of halogens is 3. The molecule has 1 rings (SSSR count). The Labute approximate surface area is 73.7 Å². The molecule has 0 saturated carbocycles. The van der Waals surface area contributed by atoms with E-state index >= 15 is 0 Å². The highest BCUT2D eigenvalue weighted by atomic mass is 19.2. The zero-order chi connectivity index (χ0) is 10.0. The van der Waals surface area contributed by atoms with Crippen LogP contribution in [0.5, 0.6) is 0 Å². The van der Waals surface area contributed by atoms with E-state index in [1.54, 1.807) is 0 Å². The number of nitrogens with two attached hydrogens (primary N) is 1. The first-order chi connectivity index (χ1) is 6.07. The molecule has 0 spiro atoms. The van der Waals surface area contributed by atoms with Crippen molar-refractivity contribution in [3.63, 3.8) is 0 Å². The lowest BCUT2D eigenvalue weighted by Crippen LogP contribution is -2.06. The Morgan fingerprint density at radius 3 is 2.31 bits per heavy atom. The molecule has 0 aromatic heterocycles. The molecular weight excluding hydrogens is 179 g/mol. The highest BCUT2D eigenvalue weighted by Gasteiger charge is 2.14. The Bertz CT molecular complexity index is 347. The Hall–Kier alpha value is -1.29. The third kappa shape index (κ3) is 1.72. The van der Waals surface area contributed by atoms with E-state index in [-0.39, 0.29) is 12.1 Å². The summed E-state index contributed by atoms with van der Waals surface area (Å²) in [6, 6.07) is 1.56. The monoisotopic (exact) mass is 187 g/mol. The zero-order valence-electron chi connectivity index (χ0n) is 6.78. The van der Waals surface area contributed by atoms with E-state index in [9.17, 15) is 13.2 Å². The number of benzene rings is 1. The van der Waals surface area contributed by atoms with Crippen LogP contribution < -0.4 is 5.73 Å². The van der Waals surface area contributed by atoms with Gasteiger partial charge >= 0.3 is 0 Å². The maximum absolute atomic E-state index is 13.0. The van der Waals surface area contributed by atoms with E-state index in [1.165, 1.54) is 0 Å². The van der Waals surface area contributed by atoms with Gasteiger partial charge in [0, 0.05) is 6.54 Å². The van der Waals surface area contributed by atoms with Gasteiger partial charge in [-0.1, -0.05) is 6.58 Å². The van der Waals surface area contributed by atoms with Gasteiger partial charge in [-0.25, -0.2) is 13.2 Å². The lowest BCUT2D eigenvalue weighted by molar-refractivity contribution is 0.491. The minimum Gasteiger partial charge on any atom is -0.326 e. The molecule has 0 unspecified atom stereocenters. The summed E-state index contributed by atoms with van der Waals surface area (Å²) >= 11 is 0. The van der Waals surface area contributed by atoms with Gasteiger partial charge in [0.1, 0.15) is 5.82 Å². The van der Waals surface area contributed by atoms with Gasteiger partial charge in [-0.2, -0.15) is 0 Å². The van der Waals surface area contributed by atoms with Crippen LogP contribution >= 0.6 is 0 Å². The molecule has 0 heterocycles. The van der Waals surface area contributed by atoms with Crippen molar-refractivity contribution in [2.45, 2.75) is 0 Å². The SMILES string of the molecule is C=C(CN)c1c(F)ccc(F)c1F. The summed E-state index contributed by atoms with van der Waals surface area (Å²) in [5, 5.41) is 0. The van der Waals surface area contributed by atoms with Gasteiger partial charge in [-0.05, 0) is 17.7 Å². The molecule has 1 nitrogen and oxygen atoms in total. The first-order valence-electron chi connectivity index (χ1n) is 3.59. The third-order valence-corrected chi connectivity index (χ3v) is 1.64. The molecule has 0 fully saturated rings. The van der Waals surface area contributed by atoms with Crippen LogP contribution in [0.1, 0.15) is 5.56 Å². The van der Waals surface area contributed by atoms with Crippen LogP contribution in [-0.4, -0.2) is 6.54 Å². The fourth-order valence-electron chi connectivity index (χ4n) is 0.953. The lowest BCUT2D eigenvalue weighted by atomic mass is 10.1. The lowest BCUT2D eigenvalue weighted by Gasteiger charge is -2.06. The second-order valence-corrected chi connectivity index (χ2v) is 2.53. The van der Waals surface area contributed by atoms with E-state index in [1.807, 2.05) is 0 Å². The summed E-state index contributed by atoms with van der Waals surface area (Å²) in [6.45, 7) is 3.22. The van der Waals surface area contributed by atoms with Gasteiger partial charge in [0.25, 0.3) is 0 Å². The predicted molar refractivity (Wildman–Crippen MR) is 44.4 cm³/mol. The van der Waals surface area contributed by atoms with Gasteiger partial charge in [0.05, 0.1) is 5.56 Å². The van der Waals surface area contributed by atoms with Crippen LogP contribution in [0.4, 0.5) is 13.2 Å². The van der Waals surface area contributed by atoms with Gasteiger partial charge < -0.3 is 5.73 Å². The second kappa shape index (κ2) is 3.62. The van der Waals surface area contributed by atoms with E-state index in [2.05, 4.69) is 6.58 Å². The largest absolute Gasteiger partial charge is 0.326 e. The van der Waals surface area contributed by atoms with Crippen LogP contribution in [0.15, 0.2) is 18.7 Å². The third-order valence-electron chi connectivity index (χ3n) is 1.64. The second-order valence-electron chi connectivity index (χ2n) is 2.53. The smallest absolute Gasteiger partial charge is 0.169 e. The number of rotatable bonds is 2. The van der Waals surface area contributed by atoms with Crippen LogP contribution in [0.25, 0.3) is 5.57 Å². The molecule has 0 aliphatic rings. The van der Waals surface area contributed by atoms with E-state index in [0.717, 1.165) is 12.1 Å². The van der Waals surface area contributed by atoms with Crippen molar-refractivity contribution in [2.24, 2.45) is 5.73 Å². The molecule has 13 heavy (non-hydrogen) atoms. The van der Waals surface area contributed by atoms with Gasteiger partial charge in [-0.15, -0.1) is 0 Å². The topological polar surface area (TPSA) is 26.0 Å². The highest BCUT2D eigenvalue weighted by molar-refractivity contribution is 5.65. The Morgan fingerprint density at radius 1 is 1.23 bits per heavy atom. The van der Waals surface area contributed by atoms with Crippen molar-refractivity contribution in [3.05, 3.63) is 41.7 Å². The maximum atomic E-state index is 13.0. The molecule has 0 radical (unpaired) electrons. The fourth-order valence-corrected chi connectivity index (χ4v) is 0.953. The molecule has 0 saturated heterocycles. The van der Waals surface area contributed by atoms with E-state index < -0.39 is 23.0 Å². The first kappa shape index (κ1) is 9.80. The number of hydrogen-bond donors (Lipinski definition) is 1. The average molecular weight is 187 g/mol. The summed E-state index contributed by atoms with van der Waals surface area (Å²) in [7, 11) is 0. The molecular formula is C9H8F3N. The van der Waals surface area contributed by atoms with Crippen molar-refractivity contribution >= 4 is 5.57 Å². The van der Waals surface area contributed by atoms with E-state index in [4.69, 9.17) is 5.73 Å². The zero-order valence-corrected chi connectivity index (χ0v) is 6.78. The van der Waals surface area contributed by atoms with Crippen molar-refractivity contribution in [1.82, 2.24) is 0 Å². The quantitative estimate of drug-likeness (QED) is 0.705. The Balaban J connectivity index is 3.33. The molecule has 0 aliphatic carbocycles. The van der Waals surface area contributed by atoms with Crippen molar-refractivity contribution in [3.8, 4) is 0 Å². The number of hydrogen-bond acceptors (Lipinski definition) is 1. The minimum atomic E-state index is -1.24. The van der Waals surface area contributed by atoms with Gasteiger partial charge in [0.2, 0.25) is 0 Å². The predicted octanol–water partition coefficient (Wildman–Crippen LogP) is 2.08. The molecule has 1 aromatic carbocycles. The normalized spacial score (nSPS) is 10.2. The van der Waals surface area contributed by atoms with Crippen LogP contribution in [0, 0.1) is 17.5 Å². The molecule has 0 bridgehead atoms. The van der Waals surface area contributed by atoms with Crippen LogP contribution in [0.3, 0.4) is 0 Å². The molecule has 0 amide bonds. The molecule has 2 N–H and O–H groups in total. The highest BCUT2D eigenvalue weighted by Crippen LogP contribution is 2.21. The summed E-state index contributed by atoms with van der Waals surface area (Å²) in [6.07, 6.45) is 0. The molecule has 70 valence electrons. The van der Waals surface area contributed by atoms with Crippen molar-refractivity contribution in [2.75, 3.05) is 6.54 Å². The standard InChI is InChI=1S/C9H8F3N/c1-5(4-13)8-6(10)2-3-7(11)9(8)12/h2-3H,1,4,13H2. The Kier molecular flexibility index (Phi) is 2.72. The fraction of sp³-hybridized carbons (Fsp3) is 0.111. The van der Waals surface area contributed by atoms with Crippen LogP contribution in [-0.2, 0) is 0 Å². The van der Waals surface area contributed by atoms with Gasteiger partial charge in [0.15, 0.2) is 11.6 Å². The minimum absolute atomic E-state index is 0.0366. The molecule has 0 atom stereocenters. The summed E-state index contributed by atoms with van der Waals surface area (Å²) in [4.78, 5) is 0. The maximum Gasteiger partial charge on any atom is 0.169 e. The van der Waals surface area contributed by atoms with Crippen molar-refractivity contribution < 1.29 is 13.2 Å². The molecule has 4 heteroatoms. The summed E-state index contributed by atoms with van der Waals surface area (Å²) < 4.78 is 38.5. The summed E-state index contributed by atoms with van der Waals surface area (Å²) in [5.41, 5.74) is 4.70. The van der Waals surface area contributed by atoms with Gasteiger partial charge in [-0.3, -0.25) is 0 Å². The van der Waals surface area contributed by atoms with Crippen LogP contribution in [0.2, 0.25) is 0 Å². The summed E-state index contributed by atoms with van der Waals surface area (Å²) in [5.74, 6) is -3.20. The average Bonchev–Trinajstić information content (AvgIpc) is 2.12. The van der Waals surface area contributed by atoms with E-state index in [0.29, 0.717) is 0 Å². The first-order valence-corrected chi connectivity index (χ1v) is 3.59.